The number of rotatable bonds is 15. The zero-order valence-electron chi connectivity index (χ0n) is 60.6. The van der Waals surface area contributed by atoms with Crippen LogP contribution in [0.15, 0.2) is 146 Å². The van der Waals surface area contributed by atoms with Crippen molar-refractivity contribution in [2.24, 2.45) is 0 Å². The second-order valence-corrected chi connectivity index (χ2v) is 23.8. The van der Waals surface area contributed by atoms with Crippen molar-refractivity contribution in [3.05, 3.63) is 199 Å². The summed E-state index contributed by atoms with van der Waals surface area (Å²) >= 11 is 22.8. The quantitative estimate of drug-likeness (QED) is 0.0131. The van der Waals surface area contributed by atoms with Crippen LogP contribution in [0.4, 0.5) is 52.5 Å². The Bertz CT molecular complexity index is 5760. The summed E-state index contributed by atoms with van der Waals surface area (Å²) in [5, 5.41) is 72.7. The minimum absolute atomic E-state index is 0. The Hall–Kier alpha value is -12.1. The van der Waals surface area contributed by atoms with E-state index in [1.807, 2.05) is 36.5 Å². The van der Waals surface area contributed by atoms with Crippen molar-refractivity contribution in [3.8, 4) is 0 Å². The van der Waals surface area contributed by atoms with Crippen LogP contribution in [0.1, 0.15) is 102 Å². The van der Waals surface area contributed by atoms with Gasteiger partial charge in [-0.15, -0.1) is 17.5 Å². The monoisotopic (exact) mass is 1710 g/mol. The summed E-state index contributed by atoms with van der Waals surface area (Å²) in [6.07, 6.45) is 14.1. The molecule has 2 fully saturated rings. The third-order valence-electron chi connectivity index (χ3n) is 15.2. The number of carboxylic acid groups (broad SMARTS) is 2. The normalized spacial score (nSPS) is 12.8. The fourth-order valence-electron chi connectivity index (χ4n) is 10.2. The first-order valence-corrected chi connectivity index (χ1v) is 33.8. The molecule has 17 rings (SSSR count). The maximum atomic E-state index is 11.3. The number of carbonyl (C=O) groups excluding carboxylic acids is 4. The molecule has 2 aliphatic rings. The first kappa shape index (κ1) is 91.1. The van der Waals surface area contributed by atoms with Gasteiger partial charge in [0.15, 0.2) is 68.1 Å². The SMILES string of the molecule is COC(=O)c1cc(N)n[nH]1.COC(=O)c1cc(Nc2nc(Cl)nc3ccoc23)n[nH]1.COC(=O)c1cc([N+](=O)[O-])[nH]n1.Cl.Clc1nc(Cl)c2occc2n1.O=C(O)c1cc(Nc2nc(N3CCCC3c3ccccn3)nc3ccoc23)n[nH]1.O=C([O-])c1cc(Nc2nc(Cl)nc3ccoc23)n[nH]1.[Na+].[Na+].[OH-].c1ccc(C2CCCN2)nc1. The van der Waals surface area contributed by atoms with Crippen molar-refractivity contribution in [1.29, 1.82) is 0 Å². The molecule has 51 heteroatoms. The predicted octanol–water partition coefficient (Wildman–Crippen LogP) is 4.13. The number of aromatic amines is 5. The maximum absolute atomic E-state index is 11.3. The van der Waals surface area contributed by atoms with Crippen molar-refractivity contribution in [2.75, 3.05) is 61.0 Å². The van der Waals surface area contributed by atoms with Gasteiger partial charge in [-0.2, -0.15) is 35.3 Å². The van der Waals surface area contributed by atoms with Gasteiger partial charge in [0.05, 0.1) is 81.5 Å². The Morgan fingerprint density at radius 2 is 1.03 bits per heavy atom. The van der Waals surface area contributed by atoms with Crippen LogP contribution in [0.2, 0.25) is 21.0 Å². The molecule has 0 saturated carbocycles. The number of hydrogen-bond donors (Lipinski definition) is 11. The van der Waals surface area contributed by atoms with Crippen LogP contribution < -0.4 is 96.1 Å². The number of nitrogen functional groups attached to an aromatic ring is 1. The van der Waals surface area contributed by atoms with Gasteiger partial charge >= 0.3 is 88.8 Å². The number of halogens is 5. The van der Waals surface area contributed by atoms with E-state index < -0.39 is 34.8 Å². The van der Waals surface area contributed by atoms with Crippen molar-refractivity contribution < 1.29 is 136 Å². The van der Waals surface area contributed by atoms with E-state index in [9.17, 15) is 39.2 Å². The minimum atomic E-state index is -1.36. The van der Waals surface area contributed by atoms with Gasteiger partial charge in [0.25, 0.3) is 0 Å². The molecule has 0 aliphatic carbocycles. The minimum Gasteiger partial charge on any atom is -0.870 e. The fraction of sp³-hybridized carbons (Fsp3) is 0.169. The Labute approximate surface area is 719 Å². The summed E-state index contributed by atoms with van der Waals surface area (Å²) in [6, 6.07) is 25.9. The molecule has 592 valence electrons. The number of aromatic carboxylic acids is 2. The van der Waals surface area contributed by atoms with Crippen LogP contribution in [0.3, 0.4) is 0 Å². The van der Waals surface area contributed by atoms with Gasteiger partial charge in [0.1, 0.15) is 45.0 Å². The number of nitrogens with zero attached hydrogens (tertiary/aromatic N) is 17. The molecule has 15 aromatic heterocycles. The van der Waals surface area contributed by atoms with Gasteiger partial charge in [0, 0.05) is 73.5 Å². The number of fused-ring (bicyclic) bond motifs is 4. The van der Waals surface area contributed by atoms with E-state index in [1.165, 1.54) is 82.9 Å². The number of esters is 3. The standard InChI is InChI=1S/C19H17N7O3.C11H8ClN5O3.C10H6ClN5O3.C9H12N2.C6H2Cl2N2O.C5H5N3O4.C5H7N3O2.ClH.2Na.H2O/c27-18(28)13-10-15(25-24-13)22-17-16-12(6-9-29-16)21-19(23-17)26-8-3-5-14(26)11-4-1-2-7-20-11;1-19-10(18)6-4-7(17-16-6)14-9-8-5(2-3-20-8)13-11(12)15-9;11-10-12-4-1-2-19-7(4)8(14-10)13-6-3-5(9(17)18)15-16-6;1-2-6-10-8(4-1)9-5-3-7-11-9;7-5-4-3(1-2-11-4)9-6(8)10-5;1-12-5(9)3-2-4(7-6-3)8(10)11;1-10-5(9)3-2-4(6)8-7-3;;;;/h1-2,4,6-7,9-10,14H,3,5,8H2,(H,27,28)(H2,21,22,23,24,25);2-4H,1H3,(H2,13,14,15,16,17);1-3H,(H,17,18)(H2,12,13,14,15,16);1-2,4,6,9,11H,3,5,7H2;1-2H;2H,1H3,(H,6,7);2H,1H3,(H3,6,7,8);1H;;;1H2/q;;;;;;;;2*+1;/p-2. The molecule has 0 radical (unpaired) electrons. The van der Waals surface area contributed by atoms with E-state index in [2.05, 4.69) is 147 Å². The number of anilines is 8. The second-order valence-electron chi connectivity index (χ2n) is 22.4. The summed E-state index contributed by atoms with van der Waals surface area (Å²) in [6.45, 7) is 1.96. The van der Waals surface area contributed by atoms with Crippen LogP contribution in [-0.4, -0.2) is 181 Å². The first-order chi connectivity index (χ1) is 54.1. The van der Waals surface area contributed by atoms with Crippen LogP contribution in [-0.2, 0) is 14.2 Å². The largest absolute Gasteiger partial charge is 1.00 e. The molecule has 0 amide bonds. The molecule has 2 unspecified atom stereocenters. The number of ether oxygens (including phenoxy) is 3. The molecular weight excluding hydrogens is 1650 g/mol. The molecule has 2 atom stereocenters. The van der Waals surface area contributed by atoms with Crippen LogP contribution in [0.5, 0.6) is 0 Å². The third kappa shape index (κ3) is 24.0. The summed E-state index contributed by atoms with van der Waals surface area (Å²) in [7, 11) is 3.75. The number of methoxy groups -OCH3 is 3. The molecule has 2 saturated heterocycles. The van der Waals surface area contributed by atoms with Gasteiger partial charge in [0.2, 0.25) is 21.8 Å². The molecular formula is C65H58Cl5N27Na2O17. The van der Waals surface area contributed by atoms with Crippen molar-refractivity contribution in [2.45, 2.75) is 37.8 Å². The van der Waals surface area contributed by atoms with Crippen molar-refractivity contribution in [1.82, 2.24) is 106 Å². The molecule has 13 N–H and O–H groups in total. The molecule has 17 heterocycles. The zero-order chi connectivity index (χ0) is 79.4. The summed E-state index contributed by atoms with van der Waals surface area (Å²) in [5.74, 6) is -1.64. The van der Waals surface area contributed by atoms with E-state index in [4.69, 9.17) is 74.9 Å². The van der Waals surface area contributed by atoms with Crippen LogP contribution in [0, 0.1) is 10.1 Å². The third-order valence-corrected chi connectivity index (χ3v) is 16.0. The zero-order valence-corrected chi connectivity index (χ0v) is 68.5. The number of carboxylic acids is 2. The number of H-pyrrole nitrogens is 5. The number of pyridine rings is 2. The summed E-state index contributed by atoms with van der Waals surface area (Å²) in [5.41, 5.74) is 11.7. The summed E-state index contributed by atoms with van der Waals surface area (Å²) in [4.78, 5) is 108. The number of hydrogen-bond acceptors (Lipinski definition) is 37. The predicted molar refractivity (Wildman–Crippen MR) is 403 cm³/mol. The Morgan fingerprint density at radius 1 is 0.560 bits per heavy atom. The molecule has 0 aromatic carbocycles. The smallest absolute Gasteiger partial charge is 0.870 e. The van der Waals surface area contributed by atoms with Crippen LogP contribution >= 0.6 is 58.8 Å². The van der Waals surface area contributed by atoms with E-state index in [1.54, 1.807) is 36.7 Å². The Kier molecular flexibility index (Phi) is 34.1. The number of nitrogens with one attached hydrogen (secondary N) is 9. The van der Waals surface area contributed by atoms with E-state index in [-0.39, 0.29) is 156 Å². The van der Waals surface area contributed by atoms with Gasteiger partial charge in [-0.1, -0.05) is 28.8 Å². The maximum Gasteiger partial charge on any atom is 1.00 e. The van der Waals surface area contributed by atoms with Gasteiger partial charge in [-0.25, -0.2) is 44.1 Å². The fourth-order valence-corrected chi connectivity index (χ4v) is 11.0. The van der Waals surface area contributed by atoms with Gasteiger partial charge in [-0.05, 0) is 96.2 Å². The molecule has 116 heavy (non-hydrogen) atoms. The molecule has 2 aliphatic heterocycles. The molecule has 15 aromatic rings. The van der Waals surface area contributed by atoms with E-state index in [0.717, 1.165) is 37.7 Å². The number of aromatic nitrogens is 20. The average Bonchev–Trinajstić information content (AvgIpc) is 1.59. The topological polar surface area (TPSA) is 632 Å². The number of carbonyl (C=O) groups is 5. The van der Waals surface area contributed by atoms with Crippen LogP contribution in [0.25, 0.3) is 44.4 Å². The average molecular weight is 1710 g/mol. The second kappa shape index (κ2) is 43.4. The molecule has 0 bridgehead atoms. The summed E-state index contributed by atoms with van der Waals surface area (Å²) < 4.78 is 34.3. The number of nitro groups is 1. The van der Waals surface area contributed by atoms with E-state index in [0.29, 0.717) is 79.7 Å². The number of furan rings is 4. The first-order valence-electron chi connectivity index (χ1n) is 32.2. The van der Waals surface area contributed by atoms with Gasteiger partial charge in [-0.3, -0.25) is 30.4 Å². The number of nitrogens with two attached hydrogens (primary N) is 1. The molecule has 0 spiro atoms. The van der Waals surface area contributed by atoms with Crippen molar-refractivity contribution in [3.63, 3.8) is 0 Å². The van der Waals surface area contributed by atoms with Crippen molar-refractivity contribution >= 4 is 186 Å². The Balaban J connectivity index is 0.000000193. The van der Waals surface area contributed by atoms with Gasteiger partial charge < -0.3 is 94.4 Å². The molecule has 44 nitrogen and oxygen atoms in total. The van der Waals surface area contributed by atoms with E-state index >= 15 is 0 Å². The Morgan fingerprint density at radius 3 is 1.48 bits per heavy atom.